The number of carbonyl (C=O) groups is 2. The van der Waals surface area contributed by atoms with Crippen LogP contribution in [0.15, 0.2) is 24.3 Å². The molecule has 28 heavy (non-hydrogen) atoms. The molecule has 0 atom stereocenters. The van der Waals surface area contributed by atoms with Gasteiger partial charge in [-0.25, -0.2) is 13.6 Å². The van der Waals surface area contributed by atoms with Gasteiger partial charge in [-0.2, -0.15) is 0 Å². The number of carboxylic acid groups (broad SMARTS) is 1. The second-order valence-electron chi connectivity index (χ2n) is 8.70. The number of anilines is 1. The summed E-state index contributed by atoms with van der Waals surface area (Å²) in [6.07, 6.45) is 0. The molecule has 0 spiro atoms. The van der Waals surface area contributed by atoms with Crippen LogP contribution < -0.4 is 5.32 Å². The molecule has 0 unspecified atom stereocenters. The van der Waals surface area contributed by atoms with E-state index in [1.807, 2.05) is 41.5 Å². The molecule has 2 aromatic rings. The number of hydrogen-bond acceptors (Lipinski definition) is 3. The van der Waals surface area contributed by atoms with Gasteiger partial charge >= 0.3 is 5.97 Å². The van der Waals surface area contributed by atoms with E-state index in [4.69, 9.17) is 5.11 Å². The Bertz CT molecular complexity index is 886. The number of hydrogen-bond donors (Lipinski definition) is 2. The van der Waals surface area contributed by atoms with Crippen LogP contribution >= 0.6 is 0 Å². The molecule has 0 fully saturated rings. The number of nitrogens with one attached hydrogen (secondary N) is 1. The molecule has 1 aromatic heterocycles. The molecule has 0 saturated carbocycles. The van der Waals surface area contributed by atoms with Crippen LogP contribution in [0.4, 0.5) is 14.5 Å². The lowest BCUT2D eigenvalue weighted by Crippen LogP contribution is -2.22. The van der Waals surface area contributed by atoms with Crippen LogP contribution in [-0.4, -0.2) is 22.0 Å². The van der Waals surface area contributed by atoms with Gasteiger partial charge in [0.25, 0.3) is 5.91 Å². The first-order valence-corrected chi connectivity index (χ1v) is 8.77. The minimum atomic E-state index is -1.74. The summed E-state index contributed by atoms with van der Waals surface area (Å²) in [6.45, 7) is 11.9. The van der Waals surface area contributed by atoms with Crippen molar-refractivity contribution in [2.45, 2.75) is 52.4 Å². The number of carbonyl (C=O) groups excluding carboxylic acids is 1. The molecule has 0 aliphatic heterocycles. The normalized spacial score (nSPS) is 12.0. The van der Waals surface area contributed by atoms with Gasteiger partial charge in [-0.05, 0) is 24.3 Å². The Hall–Kier alpha value is -2.83. The van der Waals surface area contributed by atoms with E-state index in [2.05, 4.69) is 10.3 Å². The van der Waals surface area contributed by atoms with Crippen molar-refractivity contribution < 1.29 is 23.5 Å². The fraction of sp³-hybridized carbons (Fsp3) is 0.381. The zero-order valence-electron chi connectivity index (χ0n) is 16.8. The second kappa shape index (κ2) is 7.30. The van der Waals surface area contributed by atoms with Crippen LogP contribution in [0.3, 0.4) is 0 Å². The van der Waals surface area contributed by atoms with Crippen molar-refractivity contribution in [1.29, 1.82) is 0 Å². The largest absolute Gasteiger partial charge is 0.477 e. The lowest BCUT2D eigenvalue weighted by Gasteiger charge is -2.25. The highest BCUT2D eigenvalue weighted by Crippen LogP contribution is 2.29. The molecule has 7 heteroatoms. The van der Waals surface area contributed by atoms with Crippen LogP contribution in [0.1, 0.15) is 73.6 Å². The van der Waals surface area contributed by atoms with E-state index in [1.165, 1.54) is 0 Å². The summed E-state index contributed by atoms with van der Waals surface area (Å²) in [5, 5.41) is 11.5. The molecule has 0 saturated heterocycles. The number of aromatic carboxylic acids is 1. The third kappa shape index (κ3) is 4.71. The minimum Gasteiger partial charge on any atom is -0.477 e. The van der Waals surface area contributed by atoms with Gasteiger partial charge in [-0.15, -0.1) is 0 Å². The molecule has 2 rings (SSSR count). The number of pyridine rings is 1. The van der Waals surface area contributed by atoms with Crippen LogP contribution in [0.2, 0.25) is 0 Å². The maximum Gasteiger partial charge on any atom is 0.341 e. The Morgan fingerprint density at radius 3 is 1.68 bits per heavy atom. The fourth-order valence-corrected chi connectivity index (χ4v) is 2.48. The minimum absolute atomic E-state index is 0.276. The van der Waals surface area contributed by atoms with Gasteiger partial charge in [-0.3, -0.25) is 9.78 Å². The molecule has 1 amide bonds. The summed E-state index contributed by atoms with van der Waals surface area (Å²) >= 11 is 0. The third-order valence-electron chi connectivity index (χ3n) is 4.14. The maximum absolute atomic E-state index is 13.9. The molecule has 1 heterocycles. The van der Waals surface area contributed by atoms with Crippen molar-refractivity contribution >= 4 is 17.6 Å². The summed E-state index contributed by atoms with van der Waals surface area (Å²) in [5.74, 6) is -5.10. The highest BCUT2D eigenvalue weighted by molar-refractivity contribution is 6.05. The van der Waals surface area contributed by atoms with Crippen molar-refractivity contribution in [3.05, 3.63) is 58.4 Å². The summed E-state index contributed by atoms with van der Waals surface area (Å²) in [4.78, 5) is 28.1. The van der Waals surface area contributed by atoms with E-state index in [0.717, 1.165) is 11.4 Å². The Morgan fingerprint density at radius 1 is 0.893 bits per heavy atom. The Labute approximate surface area is 162 Å². The molecule has 0 bridgehead atoms. The van der Waals surface area contributed by atoms with Gasteiger partial charge < -0.3 is 10.4 Å². The number of aromatic nitrogens is 1. The standard InChI is InChI=1S/C21H24F2N2O3/c1-20(2,3)15-9-12(10-16(25-15)21(4,5)6)24-18(26)11-7-13(22)17(19(27)28)14(23)8-11/h7-10H,1-6H3,(H,27,28)(H,24,25,26). The number of rotatable bonds is 3. The van der Waals surface area contributed by atoms with Crippen molar-refractivity contribution in [2.24, 2.45) is 0 Å². The first-order chi connectivity index (χ1) is 12.7. The van der Waals surface area contributed by atoms with Crippen molar-refractivity contribution in [1.82, 2.24) is 4.98 Å². The van der Waals surface area contributed by atoms with Crippen LogP contribution in [0, 0.1) is 11.6 Å². The zero-order valence-corrected chi connectivity index (χ0v) is 16.8. The van der Waals surface area contributed by atoms with Gasteiger partial charge in [0, 0.05) is 33.5 Å². The monoisotopic (exact) mass is 390 g/mol. The van der Waals surface area contributed by atoms with Crippen molar-refractivity contribution in [2.75, 3.05) is 5.32 Å². The molecule has 0 aliphatic rings. The van der Waals surface area contributed by atoms with Crippen LogP contribution in [-0.2, 0) is 10.8 Å². The molecular weight excluding hydrogens is 366 g/mol. The van der Waals surface area contributed by atoms with Gasteiger partial charge in [0.2, 0.25) is 0 Å². The van der Waals surface area contributed by atoms with E-state index < -0.39 is 29.1 Å². The molecule has 2 N–H and O–H groups in total. The van der Waals surface area contributed by atoms with E-state index in [-0.39, 0.29) is 16.4 Å². The smallest absolute Gasteiger partial charge is 0.341 e. The van der Waals surface area contributed by atoms with Crippen molar-refractivity contribution in [3.63, 3.8) is 0 Å². The highest BCUT2D eigenvalue weighted by Gasteiger charge is 2.24. The zero-order chi connectivity index (χ0) is 21.4. The van der Waals surface area contributed by atoms with E-state index in [9.17, 15) is 18.4 Å². The van der Waals surface area contributed by atoms with E-state index >= 15 is 0 Å². The molecule has 0 radical (unpaired) electrons. The molecular formula is C21H24F2N2O3. The van der Waals surface area contributed by atoms with Gasteiger partial charge in [-0.1, -0.05) is 41.5 Å². The molecule has 1 aromatic carbocycles. The van der Waals surface area contributed by atoms with Gasteiger partial charge in [0.05, 0.1) is 0 Å². The number of nitrogens with zero attached hydrogens (tertiary/aromatic N) is 1. The van der Waals surface area contributed by atoms with E-state index in [0.29, 0.717) is 17.8 Å². The predicted octanol–water partition coefficient (Wildman–Crippen LogP) is 4.91. The van der Waals surface area contributed by atoms with Gasteiger partial charge in [0.1, 0.15) is 17.2 Å². The maximum atomic E-state index is 13.9. The first kappa shape index (κ1) is 21.5. The molecule has 0 aliphatic carbocycles. The topological polar surface area (TPSA) is 79.3 Å². The summed E-state index contributed by atoms with van der Waals surface area (Å²) in [7, 11) is 0. The first-order valence-electron chi connectivity index (χ1n) is 8.77. The predicted molar refractivity (Wildman–Crippen MR) is 103 cm³/mol. The average Bonchev–Trinajstić information content (AvgIpc) is 2.51. The number of amides is 1. The highest BCUT2D eigenvalue weighted by atomic mass is 19.1. The number of carboxylic acids is 1. The second-order valence-corrected chi connectivity index (χ2v) is 8.70. The number of benzene rings is 1. The summed E-state index contributed by atoms with van der Waals surface area (Å²) in [5.41, 5.74) is 0.00186. The average molecular weight is 390 g/mol. The Morgan fingerprint density at radius 2 is 1.32 bits per heavy atom. The Balaban J connectivity index is 2.45. The lowest BCUT2D eigenvalue weighted by atomic mass is 9.87. The van der Waals surface area contributed by atoms with Crippen molar-refractivity contribution in [3.8, 4) is 0 Å². The Kier molecular flexibility index (Phi) is 5.59. The SMILES string of the molecule is CC(C)(C)c1cc(NC(=O)c2cc(F)c(C(=O)O)c(F)c2)cc(C(C)(C)C)n1. The molecule has 150 valence electrons. The molecule has 5 nitrogen and oxygen atoms in total. The number of halogens is 2. The van der Waals surface area contributed by atoms with Crippen LogP contribution in [0.5, 0.6) is 0 Å². The van der Waals surface area contributed by atoms with Gasteiger partial charge in [0.15, 0.2) is 0 Å². The van der Waals surface area contributed by atoms with Crippen LogP contribution in [0.25, 0.3) is 0 Å². The fourth-order valence-electron chi connectivity index (χ4n) is 2.48. The lowest BCUT2D eigenvalue weighted by molar-refractivity contribution is 0.0685. The van der Waals surface area contributed by atoms with E-state index in [1.54, 1.807) is 12.1 Å². The quantitative estimate of drug-likeness (QED) is 0.781. The summed E-state index contributed by atoms with van der Waals surface area (Å²) in [6, 6.07) is 4.84. The third-order valence-corrected chi connectivity index (χ3v) is 4.14. The summed E-state index contributed by atoms with van der Waals surface area (Å²) < 4.78 is 27.8.